The van der Waals surface area contributed by atoms with E-state index < -0.39 is 0 Å². The lowest BCUT2D eigenvalue weighted by Gasteiger charge is -2.19. The number of nitrogens with zero attached hydrogens (tertiary/aromatic N) is 1. The van der Waals surface area contributed by atoms with E-state index in [0.29, 0.717) is 29.2 Å². The van der Waals surface area contributed by atoms with Gasteiger partial charge in [-0.25, -0.2) is 4.99 Å². The first-order valence-corrected chi connectivity index (χ1v) is 15.9. The Hall–Kier alpha value is -4.81. The summed E-state index contributed by atoms with van der Waals surface area (Å²) >= 11 is 4.30. The predicted octanol–water partition coefficient (Wildman–Crippen LogP) is 9.46. The van der Waals surface area contributed by atoms with Crippen molar-refractivity contribution in [2.45, 2.75) is 34.1 Å². The van der Waals surface area contributed by atoms with Crippen molar-refractivity contribution in [3.63, 3.8) is 0 Å². The number of amides is 1. The summed E-state index contributed by atoms with van der Waals surface area (Å²) in [5, 5.41) is 8.39. The molecule has 2 aliphatic rings. The van der Waals surface area contributed by atoms with Crippen LogP contribution >= 0.6 is 12.6 Å². The molecule has 1 aliphatic carbocycles. The number of hydrogen-bond donors (Lipinski definition) is 3. The van der Waals surface area contributed by atoms with Gasteiger partial charge < -0.3 is 15.1 Å². The van der Waals surface area contributed by atoms with Gasteiger partial charge in [0.1, 0.15) is 11.3 Å². The van der Waals surface area contributed by atoms with Crippen molar-refractivity contribution in [1.82, 2.24) is 5.32 Å². The Balaban J connectivity index is 1.57. The molecule has 2 N–H and O–H groups in total. The third-order valence-corrected chi connectivity index (χ3v) is 8.51. The molecule has 6 rings (SSSR count). The van der Waals surface area contributed by atoms with Crippen LogP contribution in [0.15, 0.2) is 106 Å². The highest BCUT2D eigenvalue weighted by Gasteiger charge is 2.22. The number of para-hydroxylation sites is 2. The minimum atomic E-state index is -0.107. The first-order valence-electron chi connectivity index (χ1n) is 15.3. The molecule has 0 saturated heterocycles. The van der Waals surface area contributed by atoms with Gasteiger partial charge in [0.2, 0.25) is 0 Å². The van der Waals surface area contributed by atoms with Crippen molar-refractivity contribution >= 4 is 46.6 Å². The highest BCUT2D eigenvalue weighted by molar-refractivity contribution is 7.80. The molecule has 6 heteroatoms. The van der Waals surface area contributed by atoms with E-state index in [1.54, 1.807) is 0 Å². The molecule has 4 aromatic rings. The molecule has 0 atom stereocenters. The van der Waals surface area contributed by atoms with Crippen molar-refractivity contribution < 1.29 is 9.21 Å². The van der Waals surface area contributed by atoms with Crippen molar-refractivity contribution in [1.29, 1.82) is 0 Å². The number of aryl methyl sites for hydroxylation is 4. The summed E-state index contributed by atoms with van der Waals surface area (Å²) in [7, 11) is 0. The molecule has 45 heavy (non-hydrogen) atoms. The van der Waals surface area contributed by atoms with Crippen LogP contribution in [-0.2, 0) is 0 Å². The van der Waals surface area contributed by atoms with E-state index in [0.717, 1.165) is 62.0 Å². The molecule has 0 radical (unpaired) electrons. The maximum absolute atomic E-state index is 13.4. The van der Waals surface area contributed by atoms with Crippen molar-refractivity contribution in [3.05, 3.63) is 130 Å². The molecular formula is C39H37N3O2S. The summed E-state index contributed by atoms with van der Waals surface area (Å²) in [5.74, 6) is 1.30. The number of rotatable bonds is 8. The van der Waals surface area contributed by atoms with E-state index in [2.05, 4.69) is 99.5 Å². The summed E-state index contributed by atoms with van der Waals surface area (Å²) in [6.07, 6.45) is 0.801. The van der Waals surface area contributed by atoms with Gasteiger partial charge in [0.25, 0.3) is 5.91 Å². The SMILES string of the molecule is Cc1cccc(C)c1N=c1ccc2c(-c3ccccc3C(=O)NCCCS)c3ccc(Nc4c(C)cccc4C)cc3oc-2c1. The minimum absolute atomic E-state index is 0.107. The molecule has 226 valence electrons. The van der Waals surface area contributed by atoms with Gasteiger partial charge in [-0.1, -0.05) is 54.6 Å². The molecule has 0 bridgehead atoms. The fourth-order valence-electron chi connectivity index (χ4n) is 5.86. The van der Waals surface area contributed by atoms with Crippen molar-refractivity contribution in [2.24, 2.45) is 4.99 Å². The van der Waals surface area contributed by atoms with Crippen LogP contribution in [0.25, 0.3) is 33.4 Å². The summed E-state index contributed by atoms with van der Waals surface area (Å²) < 4.78 is 6.66. The van der Waals surface area contributed by atoms with Crippen LogP contribution in [0.4, 0.5) is 17.1 Å². The smallest absolute Gasteiger partial charge is 0.251 e. The molecule has 1 aliphatic heterocycles. The fraction of sp³-hybridized carbons (Fsp3) is 0.179. The van der Waals surface area contributed by atoms with Crippen LogP contribution < -0.4 is 16.0 Å². The van der Waals surface area contributed by atoms with Crippen LogP contribution in [0.1, 0.15) is 39.0 Å². The Bertz CT molecular complexity index is 2040. The maximum atomic E-state index is 13.4. The zero-order valence-corrected chi connectivity index (χ0v) is 27.0. The summed E-state index contributed by atoms with van der Waals surface area (Å²) in [6, 6.07) is 32.5. The largest absolute Gasteiger partial charge is 0.456 e. The molecule has 5 nitrogen and oxygen atoms in total. The molecule has 0 spiro atoms. The topological polar surface area (TPSA) is 66.6 Å². The number of benzene rings is 5. The molecule has 1 amide bonds. The Kier molecular flexibility index (Phi) is 8.76. The summed E-state index contributed by atoms with van der Waals surface area (Å²) in [4.78, 5) is 18.5. The van der Waals surface area contributed by atoms with Gasteiger partial charge >= 0.3 is 0 Å². The van der Waals surface area contributed by atoms with E-state index in [4.69, 9.17) is 9.41 Å². The van der Waals surface area contributed by atoms with E-state index in [1.807, 2.05) is 48.5 Å². The molecule has 0 saturated carbocycles. The molecule has 0 aromatic heterocycles. The van der Waals surface area contributed by atoms with Crippen molar-refractivity contribution in [3.8, 4) is 22.5 Å². The molecule has 0 fully saturated rings. The van der Waals surface area contributed by atoms with E-state index in [-0.39, 0.29) is 5.91 Å². The lowest BCUT2D eigenvalue weighted by Crippen LogP contribution is -2.25. The number of fused-ring (bicyclic) bond motifs is 2. The van der Waals surface area contributed by atoms with Crippen LogP contribution in [-0.4, -0.2) is 18.2 Å². The Morgan fingerprint density at radius 2 is 1.49 bits per heavy atom. The van der Waals surface area contributed by atoms with Crippen LogP contribution in [0.2, 0.25) is 0 Å². The van der Waals surface area contributed by atoms with Crippen LogP contribution in [0, 0.1) is 27.7 Å². The predicted molar refractivity (Wildman–Crippen MR) is 189 cm³/mol. The first-order chi connectivity index (χ1) is 21.8. The summed E-state index contributed by atoms with van der Waals surface area (Å²) in [5.41, 5.74) is 11.6. The highest BCUT2D eigenvalue weighted by atomic mass is 32.1. The van der Waals surface area contributed by atoms with E-state index in [9.17, 15) is 4.79 Å². The second kappa shape index (κ2) is 13.0. The zero-order valence-electron chi connectivity index (χ0n) is 26.1. The minimum Gasteiger partial charge on any atom is -0.456 e. The second-order valence-corrected chi connectivity index (χ2v) is 11.9. The number of thiol groups is 1. The van der Waals surface area contributed by atoms with E-state index >= 15 is 0 Å². The number of nitrogens with one attached hydrogen (secondary N) is 2. The Morgan fingerprint density at radius 3 is 2.22 bits per heavy atom. The number of carbonyl (C=O) groups is 1. The normalized spacial score (nSPS) is 11.7. The Morgan fingerprint density at radius 1 is 0.778 bits per heavy atom. The average Bonchev–Trinajstić information content (AvgIpc) is 3.03. The third-order valence-electron chi connectivity index (χ3n) is 8.20. The number of carbonyl (C=O) groups excluding carboxylic acids is 1. The average molecular weight is 612 g/mol. The first kappa shape index (κ1) is 30.2. The lowest BCUT2D eigenvalue weighted by molar-refractivity contribution is 0.0954. The zero-order chi connectivity index (χ0) is 31.5. The second-order valence-electron chi connectivity index (χ2n) is 11.5. The van der Waals surface area contributed by atoms with Gasteiger partial charge in [-0.3, -0.25) is 4.79 Å². The number of anilines is 2. The lowest BCUT2D eigenvalue weighted by atomic mass is 9.90. The van der Waals surface area contributed by atoms with Crippen LogP contribution in [0.3, 0.4) is 0 Å². The van der Waals surface area contributed by atoms with Gasteiger partial charge in [0.15, 0.2) is 0 Å². The van der Waals surface area contributed by atoms with Crippen LogP contribution in [0.5, 0.6) is 0 Å². The highest BCUT2D eigenvalue weighted by Crippen LogP contribution is 2.42. The standard InChI is InChI=1S/C39H37N3O2S/c1-24-10-7-11-25(2)37(24)41-28-16-18-32-34(22-28)44-35-23-29(42-38-26(3)12-8-13-27(38)4)17-19-33(35)36(32)30-14-5-6-15-31(30)39(43)40-20-9-21-45/h5-8,10-19,22-23,41,45H,9,20-21H2,1-4H3,(H,40,43). The monoisotopic (exact) mass is 611 g/mol. The Labute approximate surface area is 269 Å². The van der Waals surface area contributed by atoms with E-state index in [1.165, 1.54) is 11.1 Å². The maximum Gasteiger partial charge on any atom is 0.251 e. The summed E-state index contributed by atoms with van der Waals surface area (Å²) in [6.45, 7) is 8.92. The van der Waals surface area contributed by atoms with Gasteiger partial charge in [0, 0.05) is 52.1 Å². The quantitative estimate of drug-likeness (QED) is 0.0912. The third kappa shape index (κ3) is 6.24. The fourth-order valence-corrected chi connectivity index (χ4v) is 6.02. The van der Waals surface area contributed by atoms with Crippen molar-refractivity contribution in [2.75, 3.05) is 17.6 Å². The molecule has 1 heterocycles. The molecule has 0 unspecified atom stereocenters. The van der Waals surface area contributed by atoms with Gasteiger partial charge in [-0.15, -0.1) is 0 Å². The van der Waals surface area contributed by atoms with Gasteiger partial charge in [-0.05, 0) is 98.0 Å². The van der Waals surface area contributed by atoms with Gasteiger partial charge in [-0.2, -0.15) is 12.6 Å². The molecule has 4 aromatic carbocycles. The van der Waals surface area contributed by atoms with Gasteiger partial charge in [0.05, 0.1) is 11.0 Å². The number of hydrogen-bond acceptors (Lipinski definition) is 5. The molecular weight excluding hydrogens is 575 g/mol.